The average molecular weight is 358 g/mol. The average Bonchev–Trinajstić information content (AvgIpc) is 2.86. The van der Waals surface area contributed by atoms with Gasteiger partial charge in [-0.3, -0.25) is 9.52 Å². The lowest BCUT2D eigenvalue weighted by molar-refractivity contribution is -0.122. The molecule has 1 aromatic carbocycles. The minimum absolute atomic E-state index is 0.0708. The minimum Gasteiger partial charge on any atom is -0.354 e. The van der Waals surface area contributed by atoms with Gasteiger partial charge in [0.15, 0.2) is 5.82 Å². The molecule has 10 heteroatoms. The van der Waals surface area contributed by atoms with E-state index in [0.29, 0.717) is 18.0 Å². The molecular formula is C13H16ClN5O3S. The third kappa shape index (κ3) is 6.25. The predicted molar refractivity (Wildman–Crippen MR) is 86.7 cm³/mol. The van der Waals surface area contributed by atoms with Crippen molar-refractivity contribution in [2.75, 3.05) is 17.5 Å². The van der Waals surface area contributed by atoms with E-state index in [1.54, 1.807) is 12.1 Å². The number of halogens is 1. The fourth-order valence-corrected chi connectivity index (χ4v) is 2.39. The Bertz CT molecular complexity index is 773. The monoisotopic (exact) mass is 357 g/mol. The Balaban J connectivity index is 1.77. The Hall–Kier alpha value is -2.13. The van der Waals surface area contributed by atoms with Crippen molar-refractivity contribution in [2.24, 2.45) is 0 Å². The van der Waals surface area contributed by atoms with E-state index >= 15 is 0 Å². The second-order valence-corrected chi connectivity index (χ2v) is 7.05. The first kappa shape index (κ1) is 17.2. The minimum atomic E-state index is -3.42. The van der Waals surface area contributed by atoms with Crippen molar-refractivity contribution in [3.8, 4) is 0 Å². The molecule has 0 bridgehead atoms. The zero-order valence-electron chi connectivity index (χ0n) is 12.4. The molecule has 0 unspecified atom stereocenters. The van der Waals surface area contributed by atoms with Crippen LogP contribution in [0, 0.1) is 0 Å². The number of hydrogen-bond donors (Lipinski definition) is 2. The van der Waals surface area contributed by atoms with Gasteiger partial charge in [0.05, 0.1) is 12.5 Å². The van der Waals surface area contributed by atoms with Crippen LogP contribution >= 0.6 is 11.6 Å². The van der Waals surface area contributed by atoms with Crippen molar-refractivity contribution >= 4 is 33.3 Å². The van der Waals surface area contributed by atoms with Crippen molar-refractivity contribution in [1.82, 2.24) is 20.3 Å². The number of carbonyl (C=O) groups excluding carboxylic acids is 1. The van der Waals surface area contributed by atoms with Crippen molar-refractivity contribution < 1.29 is 13.2 Å². The highest BCUT2D eigenvalue weighted by atomic mass is 35.5. The van der Waals surface area contributed by atoms with Gasteiger partial charge in [-0.25, -0.2) is 8.42 Å². The van der Waals surface area contributed by atoms with Gasteiger partial charge in [-0.2, -0.15) is 9.90 Å². The molecule has 2 N–H and O–H groups in total. The van der Waals surface area contributed by atoms with E-state index in [1.807, 2.05) is 12.1 Å². The number of amides is 1. The number of sulfonamides is 1. The lowest BCUT2D eigenvalue weighted by Gasteiger charge is -2.05. The summed E-state index contributed by atoms with van der Waals surface area (Å²) >= 11 is 5.80. The summed E-state index contributed by atoms with van der Waals surface area (Å²) in [7, 11) is -3.42. The standard InChI is InChI=1S/C13H16ClN5O3S/c1-23(21,22)18-12-8-16-19(17-12)9-13(20)15-7-6-10-2-4-11(14)5-3-10/h2-5,8H,6-7,9H2,1H3,(H,15,20)(H,17,18). The molecular weight excluding hydrogens is 342 g/mol. The van der Waals surface area contributed by atoms with E-state index in [1.165, 1.54) is 6.20 Å². The van der Waals surface area contributed by atoms with E-state index < -0.39 is 10.0 Å². The van der Waals surface area contributed by atoms with Crippen LogP contribution in [0.15, 0.2) is 30.5 Å². The SMILES string of the molecule is CS(=O)(=O)Nc1cnn(CC(=O)NCCc2ccc(Cl)cc2)n1. The number of benzene rings is 1. The Kier molecular flexibility index (Phi) is 5.56. The summed E-state index contributed by atoms with van der Waals surface area (Å²) in [5.41, 5.74) is 1.06. The van der Waals surface area contributed by atoms with Crippen molar-refractivity contribution in [3.05, 3.63) is 41.0 Å². The molecule has 8 nitrogen and oxygen atoms in total. The fourth-order valence-electron chi connectivity index (χ4n) is 1.79. The molecule has 0 saturated carbocycles. The van der Waals surface area contributed by atoms with E-state index in [-0.39, 0.29) is 18.3 Å². The maximum absolute atomic E-state index is 11.8. The van der Waals surface area contributed by atoms with Gasteiger partial charge in [0.25, 0.3) is 0 Å². The topological polar surface area (TPSA) is 106 Å². The third-order valence-corrected chi connectivity index (χ3v) is 3.59. The van der Waals surface area contributed by atoms with E-state index in [9.17, 15) is 13.2 Å². The van der Waals surface area contributed by atoms with Gasteiger partial charge in [0, 0.05) is 11.6 Å². The van der Waals surface area contributed by atoms with Crippen LogP contribution in [0.3, 0.4) is 0 Å². The summed E-state index contributed by atoms with van der Waals surface area (Å²) in [6, 6.07) is 7.38. The second kappa shape index (κ2) is 7.42. The van der Waals surface area contributed by atoms with Crippen molar-refractivity contribution in [2.45, 2.75) is 13.0 Å². The molecule has 0 aliphatic carbocycles. The largest absolute Gasteiger partial charge is 0.354 e. The van der Waals surface area contributed by atoms with Crippen LogP contribution in [0.5, 0.6) is 0 Å². The molecule has 0 aliphatic rings. The van der Waals surface area contributed by atoms with Gasteiger partial charge < -0.3 is 5.32 Å². The molecule has 0 spiro atoms. The molecule has 2 aromatic rings. The molecule has 0 atom stereocenters. The quantitative estimate of drug-likeness (QED) is 0.757. The summed E-state index contributed by atoms with van der Waals surface area (Å²) < 4.78 is 24.3. The lowest BCUT2D eigenvalue weighted by Crippen LogP contribution is -2.30. The van der Waals surface area contributed by atoms with Gasteiger partial charge >= 0.3 is 0 Å². The summed E-state index contributed by atoms with van der Waals surface area (Å²) in [5, 5.41) is 11.1. The Morgan fingerprint density at radius 1 is 1.30 bits per heavy atom. The molecule has 23 heavy (non-hydrogen) atoms. The highest BCUT2D eigenvalue weighted by Crippen LogP contribution is 2.09. The van der Waals surface area contributed by atoms with Gasteiger partial charge in [0.2, 0.25) is 15.9 Å². The highest BCUT2D eigenvalue weighted by molar-refractivity contribution is 7.92. The van der Waals surface area contributed by atoms with Crippen LogP contribution in [0.1, 0.15) is 5.56 Å². The number of hydrogen-bond acceptors (Lipinski definition) is 5. The maximum Gasteiger partial charge on any atom is 0.243 e. The van der Waals surface area contributed by atoms with Crippen LogP contribution in [0.2, 0.25) is 5.02 Å². The first-order valence-corrected chi connectivity index (χ1v) is 8.98. The van der Waals surface area contributed by atoms with Gasteiger partial charge in [-0.15, -0.1) is 5.10 Å². The van der Waals surface area contributed by atoms with Crippen molar-refractivity contribution in [1.29, 1.82) is 0 Å². The Labute approximate surface area is 138 Å². The molecule has 0 fully saturated rings. The predicted octanol–water partition coefficient (Wildman–Crippen LogP) is 0.662. The smallest absolute Gasteiger partial charge is 0.243 e. The van der Waals surface area contributed by atoms with E-state index in [0.717, 1.165) is 16.6 Å². The number of nitrogens with zero attached hydrogens (tertiary/aromatic N) is 3. The van der Waals surface area contributed by atoms with Crippen LogP contribution in [-0.2, 0) is 27.8 Å². The lowest BCUT2D eigenvalue weighted by atomic mass is 10.1. The van der Waals surface area contributed by atoms with Gasteiger partial charge in [-0.05, 0) is 24.1 Å². The Morgan fingerprint density at radius 3 is 2.65 bits per heavy atom. The first-order chi connectivity index (χ1) is 10.8. The van der Waals surface area contributed by atoms with Crippen LogP contribution in [-0.4, -0.2) is 42.1 Å². The molecule has 124 valence electrons. The van der Waals surface area contributed by atoms with E-state index in [4.69, 9.17) is 11.6 Å². The molecule has 2 rings (SSSR count). The highest BCUT2D eigenvalue weighted by Gasteiger charge is 2.08. The Morgan fingerprint density at radius 2 is 2.00 bits per heavy atom. The fraction of sp³-hybridized carbons (Fsp3) is 0.308. The molecule has 0 radical (unpaired) electrons. The first-order valence-electron chi connectivity index (χ1n) is 6.71. The summed E-state index contributed by atoms with van der Waals surface area (Å²) in [4.78, 5) is 12.9. The molecule has 1 aromatic heterocycles. The van der Waals surface area contributed by atoms with Crippen LogP contribution in [0.25, 0.3) is 0 Å². The van der Waals surface area contributed by atoms with Gasteiger partial charge in [-0.1, -0.05) is 23.7 Å². The molecule has 1 heterocycles. The molecule has 1 amide bonds. The number of aromatic nitrogens is 3. The normalized spacial score (nSPS) is 11.2. The second-order valence-electron chi connectivity index (χ2n) is 4.86. The zero-order valence-corrected chi connectivity index (χ0v) is 13.9. The third-order valence-electron chi connectivity index (χ3n) is 2.76. The van der Waals surface area contributed by atoms with Gasteiger partial charge in [0.1, 0.15) is 6.54 Å². The maximum atomic E-state index is 11.8. The summed E-state index contributed by atoms with van der Waals surface area (Å²) in [6.45, 7) is 0.377. The van der Waals surface area contributed by atoms with E-state index in [2.05, 4.69) is 20.2 Å². The van der Waals surface area contributed by atoms with Crippen LogP contribution < -0.4 is 10.0 Å². The zero-order chi connectivity index (χ0) is 16.9. The number of anilines is 1. The summed E-state index contributed by atoms with van der Waals surface area (Å²) in [5.74, 6) is -0.193. The van der Waals surface area contributed by atoms with Crippen molar-refractivity contribution in [3.63, 3.8) is 0 Å². The number of rotatable bonds is 7. The molecule has 0 saturated heterocycles. The molecule has 0 aliphatic heterocycles. The number of carbonyl (C=O) groups is 1. The number of nitrogens with one attached hydrogen (secondary N) is 2. The van der Waals surface area contributed by atoms with Crippen LogP contribution in [0.4, 0.5) is 5.82 Å². The summed E-state index contributed by atoms with van der Waals surface area (Å²) in [6.07, 6.45) is 2.92.